The number of H-pyrrole nitrogens is 1. The minimum Gasteiger partial charge on any atom is -0.493 e. The Morgan fingerprint density at radius 2 is 2.04 bits per heavy atom. The van der Waals surface area contributed by atoms with Gasteiger partial charge in [-0.25, -0.2) is 4.98 Å². The highest BCUT2D eigenvalue weighted by atomic mass is 16.6. The van der Waals surface area contributed by atoms with Gasteiger partial charge in [0.2, 0.25) is 0 Å². The van der Waals surface area contributed by atoms with Crippen molar-refractivity contribution in [2.24, 2.45) is 10.4 Å². The van der Waals surface area contributed by atoms with Crippen molar-refractivity contribution >= 4 is 12.0 Å². The first-order chi connectivity index (χ1) is 11.4. The van der Waals surface area contributed by atoms with Gasteiger partial charge in [0.25, 0.3) is 0 Å². The number of nitrogens with one attached hydrogen (secondary N) is 1. The Morgan fingerprint density at radius 3 is 2.71 bits per heavy atom. The second-order valence-electron chi connectivity index (χ2n) is 6.70. The minimum absolute atomic E-state index is 0.310. The van der Waals surface area contributed by atoms with Gasteiger partial charge in [-0.15, -0.1) is 0 Å². The highest BCUT2D eigenvalue weighted by molar-refractivity contribution is 5.79. The van der Waals surface area contributed by atoms with Gasteiger partial charge in [0.15, 0.2) is 17.0 Å². The number of nitrogens with zero attached hydrogens (tertiary/aromatic N) is 2. The van der Waals surface area contributed by atoms with E-state index in [4.69, 9.17) is 9.47 Å². The molecule has 3 rings (SSSR count). The fraction of sp³-hybridized carbons (Fsp3) is 0.389. The number of methoxy groups -OCH3 is 1. The number of fused-ring (bicyclic) bond motifs is 1. The maximum atomic E-state index is 12.1. The van der Waals surface area contributed by atoms with Crippen molar-refractivity contribution in [1.82, 2.24) is 9.97 Å². The monoisotopic (exact) mass is 327 g/mol. The molecule has 0 atom stereocenters. The predicted molar refractivity (Wildman–Crippen MR) is 90.4 cm³/mol. The van der Waals surface area contributed by atoms with Crippen molar-refractivity contribution in [1.29, 1.82) is 0 Å². The number of carbonyl (C=O) groups is 1. The second-order valence-corrected chi connectivity index (χ2v) is 6.70. The first kappa shape index (κ1) is 16.2. The third-order valence-corrected chi connectivity index (χ3v) is 3.70. The summed E-state index contributed by atoms with van der Waals surface area (Å²) in [5.74, 6) is 1.29. The van der Waals surface area contributed by atoms with Gasteiger partial charge in [0, 0.05) is 12.1 Å². The van der Waals surface area contributed by atoms with Crippen LogP contribution >= 0.6 is 0 Å². The summed E-state index contributed by atoms with van der Waals surface area (Å²) in [6.07, 6.45) is 3.01. The lowest BCUT2D eigenvalue weighted by Gasteiger charge is -2.17. The molecule has 0 unspecified atom stereocenters. The molecule has 1 N–H and O–H groups in total. The van der Waals surface area contributed by atoms with E-state index in [1.165, 1.54) is 0 Å². The third kappa shape index (κ3) is 3.18. The zero-order valence-electron chi connectivity index (χ0n) is 14.3. The molecule has 0 spiro atoms. The Labute approximate surface area is 140 Å². The summed E-state index contributed by atoms with van der Waals surface area (Å²) in [5, 5.41) is 0.943. The maximum Gasteiger partial charge on any atom is 0.316 e. The van der Waals surface area contributed by atoms with Crippen LogP contribution in [-0.2, 0) is 4.79 Å². The van der Waals surface area contributed by atoms with E-state index in [0.717, 1.165) is 29.4 Å². The first-order valence-electron chi connectivity index (χ1n) is 7.90. The van der Waals surface area contributed by atoms with Gasteiger partial charge >= 0.3 is 5.97 Å². The van der Waals surface area contributed by atoms with E-state index < -0.39 is 5.41 Å². The predicted octanol–water partition coefficient (Wildman–Crippen LogP) is 1.84. The van der Waals surface area contributed by atoms with Gasteiger partial charge in [-0.05, 0) is 45.4 Å². The van der Waals surface area contributed by atoms with Crippen molar-refractivity contribution < 1.29 is 14.3 Å². The fourth-order valence-corrected chi connectivity index (χ4v) is 2.31. The number of aromatic nitrogens is 2. The van der Waals surface area contributed by atoms with Crippen LogP contribution in [0.2, 0.25) is 0 Å². The van der Waals surface area contributed by atoms with Gasteiger partial charge in [0.1, 0.15) is 5.82 Å². The van der Waals surface area contributed by atoms with E-state index in [1.54, 1.807) is 19.2 Å². The van der Waals surface area contributed by atoms with Crippen molar-refractivity contribution in [3.05, 3.63) is 29.0 Å². The number of esters is 1. The van der Waals surface area contributed by atoms with Gasteiger partial charge in [-0.1, -0.05) is 6.08 Å². The van der Waals surface area contributed by atoms with Crippen molar-refractivity contribution in [2.75, 3.05) is 13.7 Å². The number of carbonyl (C=O) groups excluding carboxylic acids is 1. The number of aromatic amines is 1. The first-order valence-corrected chi connectivity index (χ1v) is 7.90. The third-order valence-electron chi connectivity index (χ3n) is 3.70. The van der Waals surface area contributed by atoms with Crippen molar-refractivity contribution in [3.8, 4) is 22.9 Å². The molecule has 1 aromatic carbocycles. The van der Waals surface area contributed by atoms with E-state index >= 15 is 0 Å². The van der Waals surface area contributed by atoms with Crippen LogP contribution in [0, 0.1) is 5.41 Å². The van der Waals surface area contributed by atoms with E-state index in [1.807, 2.05) is 26.8 Å². The Bertz CT molecular complexity index is 858. The maximum absolute atomic E-state index is 12.1. The lowest BCUT2D eigenvalue weighted by atomic mass is 9.97. The molecule has 6 heteroatoms. The van der Waals surface area contributed by atoms with E-state index in [2.05, 4.69) is 21.0 Å². The Morgan fingerprint density at radius 1 is 1.25 bits per heavy atom. The Balaban J connectivity index is 1.95. The Kier molecular flexibility index (Phi) is 4.13. The van der Waals surface area contributed by atoms with Crippen LogP contribution in [0.1, 0.15) is 27.2 Å². The average molecular weight is 327 g/mol. The van der Waals surface area contributed by atoms with Gasteiger partial charge in [0.05, 0.1) is 17.9 Å². The molecule has 126 valence electrons. The summed E-state index contributed by atoms with van der Waals surface area (Å²) in [5.41, 5.74) is 1.00. The zero-order chi connectivity index (χ0) is 17.3. The fourth-order valence-electron chi connectivity index (χ4n) is 2.31. The van der Waals surface area contributed by atoms with Crippen LogP contribution in [0.25, 0.3) is 17.5 Å². The van der Waals surface area contributed by atoms with Crippen LogP contribution in [0.15, 0.2) is 23.2 Å². The van der Waals surface area contributed by atoms with Crippen LogP contribution in [-0.4, -0.2) is 29.6 Å². The average Bonchev–Trinajstić information content (AvgIpc) is 2.98. The number of rotatable bonds is 3. The molecule has 0 saturated heterocycles. The molecule has 24 heavy (non-hydrogen) atoms. The molecule has 0 radical (unpaired) electrons. The highest BCUT2D eigenvalue weighted by Gasteiger charge is 2.25. The van der Waals surface area contributed by atoms with Gasteiger partial charge in [-0.3, -0.25) is 9.79 Å². The molecule has 2 aromatic rings. The SMILES string of the molecule is COc1cc(-c2nc3c([nH]2)=CCCN=3)ccc1OC(=O)C(C)(C)C. The molecule has 0 fully saturated rings. The van der Waals surface area contributed by atoms with Crippen LogP contribution < -0.4 is 20.3 Å². The molecule has 6 nitrogen and oxygen atoms in total. The summed E-state index contributed by atoms with van der Waals surface area (Å²) in [7, 11) is 1.55. The summed E-state index contributed by atoms with van der Waals surface area (Å²) < 4.78 is 10.8. The topological polar surface area (TPSA) is 76.6 Å². The van der Waals surface area contributed by atoms with E-state index in [-0.39, 0.29) is 5.97 Å². The smallest absolute Gasteiger partial charge is 0.316 e. The summed E-state index contributed by atoms with van der Waals surface area (Å²) >= 11 is 0. The van der Waals surface area contributed by atoms with Crippen LogP contribution in [0.5, 0.6) is 11.5 Å². The normalized spacial score (nSPS) is 13.5. The quantitative estimate of drug-likeness (QED) is 0.689. The van der Waals surface area contributed by atoms with Crippen LogP contribution in [0.4, 0.5) is 0 Å². The lowest BCUT2D eigenvalue weighted by Crippen LogP contribution is -2.27. The van der Waals surface area contributed by atoms with E-state index in [9.17, 15) is 4.79 Å². The number of imidazole rings is 1. The lowest BCUT2D eigenvalue weighted by molar-refractivity contribution is -0.143. The van der Waals surface area contributed by atoms with Gasteiger partial charge in [-0.2, -0.15) is 0 Å². The van der Waals surface area contributed by atoms with Crippen molar-refractivity contribution in [3.63, 3.8) is 0 Å². The van der Waals surface area contributed by atoms with Crippen LogP contribution in [0.3, 0.4) is 0 Å². The molecule has 1 aromatic heterocycles. The number of ether oxygens (including phenoxy) is 2. The standard InChI is InChI=1S/C18H21N3O3/c1-18(2,3)17(22)24-13-8-7-11(10-14(13)23-4)15-20-12-6-5-9-19-16(12)21-15/h6-8,10H,5,9H2,1-4H3,(H,19,20,21). The second kappa shape index (κ2) is 6.11. The zero-order valence-corrected chi connectivity index (χ0v) is 14.3. The summed E-state index contributed by atoms with van der Waals surface area (Å²) in [6.45, 7) is 6.19. The molecule has 0 saturated carbocycles. The Hall–Kier alpha value is -2.63. The molecule has 2 heterocycles. The molecule has 0 amide bonds. The molecule has 0 aliphatic carbocycles. The van der Waals surface area contributed by atoms with E-state index in [0.29, 0.717) is 17.3 Å². The largest absolute Gasteiger partial charge is 0.493 e. The molecular weight excluding hydrogens is 306 g/mol. The number of hydrogen-bond donors (Lipinski definition) is 1. The molecule has 1 aliphatic heterocycles. The number of hydrogen-bond acceptors (Lipinski definition) is 5. The molecule has 1 aliphatic rings. The molecular formula is C18H21N3O3. The van der Waals surface area contributed by atoms with Gasteiger partial charge < -0.3 is 14.5 Å². The summed E-state index contributed by atoms with van der Waals surface area (Å²) in [6, 6.07) is 5.37. The molecule has 0 bridgehead atoms. The minimum atomic E-state index is -0.582. The van der Waals surface area contributed by atoms with Crippen molar-refractivity contribution in [2.45, 2.75) is 27.2 Å². The highest BCUT2D eigenvalue weighted by Crippen LogP contribution is 2.32. The summed E-state index contributed by atoms with van der Waals surface area (Å²) in [4.78, 5) is 24.2. The number of benzene rings is 1.